The Morgan fingerprint density at radius 3 is 1.51 bits per heavy atom. The second-order valence-corrected chi connectivity index (χ2v) is 14.8. The van der Waals surface area contributed by atoms with Gasteiger partial charge in [-0.1, -0.05) is 108 Å². The van der Waals surface area contributed by atoms with E-state index in [0.29, 0.717) is 16.8 Å². The number of aliphatic carboxylic acids is 1. The number of benzene rings is 5. The highest BCUT2D eigenvalue weighted by Gasteiger charge is 2.26. The summed E-state index contributed by atoms with van der Waals surface area (Å²) in [7, 11) is 0. The van der Waals surface area contributed by atoms with E-state index in [2.05, 4.69) is 10.6 Å². The molecule has 1 amide bonds. The van der Waals surface area contributed by atoms with Crippen molar-refractivity contribution in [3.8, 4) is 0 Å². The molecule has 5 aromatic rings. The molecule has 5 rings (SSSR count). The number of hydrogen-bond donors (Lipinski definition) is 3. The van der Waals surface area contributed by atoms with Gasteiger partial charge < -0.3 is 30.0 Å². The number of alkyl carbamates (subject to hydrolysis) is 1. The summed E-state index contributed by atoms with van der Waals surface area (Å²) in [5.41, 5.74) is 8.58. The van der Waals surface area contributed by atoms with Crippen molar-refractivity contribution in [2.24, 2.45) is 0 Å². The number of carboxylic acid groups (broad SMARTS) is 1. The average molecular weight is 829 g/mol. The summed E-state index contributed by atoms with van der Waals surface area (Å²) in [4.78, 5) is 73.9. The van der Waals surface area contributed by atoms with Crippen LogP contribution >= 0.6 is 0 Å². The number of amides is 1. The summed E-state index contributed by atoms with van der Waals surface area (Å²) in [6.45, 7) is 11.9. The minimum absolute atomic E-state index is 0.0766. The van der Waals surface area contributed by atoms with E-state index < -0.39 is 55.1 Å². The van der Waals surface area contributed by atoms with Crippen LogP contribution < -0.4 is 10.6 Å². The maximum absolute atomic E-state index is 13.5. The molecule has 0 saturated carbocycles. The number of Topliss-reactive ketones (excluding diaryl/α,β-unsaturated/α-hetero) is 2. The van der Waals surface area contributed by atoms with Crippen LogP contribution in [0.4, 0.5) is 10.5 Å². The lowest BCUT2D eigenvalue weighted by Crippen LogP contribution is -2.43. The van der Waals surface area contributed by atoms with Crippen LogP contribution in [0.3, 0.4) is 0 Å². The quantitative estimate of drug-likeness (QED) is 0.0495. The summed E-state index contributed by atoms with van der Waals surface area (Å²) in [6, 6.07) is 31.0. The van der Waals surface area contributed by atoms with Gasteiger partial charge in [0.25, 0.3) is 0 Å². The van der Waals surface area contributed by atoms with E-state index in [4.69, 9.17) is 14.2 Å². The predicted octanol–water partition coefficient (Wildman–Crippen LogP) is 8.41. The molecule has 12 nitrogen and oxygen atoms in total. The second-order valence-electron chi connectivity index (χ2n) is 14.8. The fourth-order valence-corrected chi connectivity index (χ4v) is 6.75. The summed E-state index contributed by atoms with van der Waals surface area (Å²) in [5.74, 6) is -2.98. The summed E-state index contributed by atoms with van der Waals surface area (Å²) in [6.07, 6.45) is -0.458. The SMILES string of the molecule is CC(Nc1ccccc1C(=O)[C@H](Cc1ccccc1)NC(=O)OCc1ccccc1)C(=O)O.Cc1cc(C)c(C(=O)OCC(=O)COC(=O)c2c(C)cc(C)cc2C)c(C)c1. The first-order valence-corrected chi connectivity index (χ1v) is 19.7. The van der Waals surface area contributed by atoms with Crippen LogP contribution in [0, 0.1) is 41.5 Å². The smallest absolute Gasteiger partial charge is 0.408 e. The molecule has 1 unspecified atom stereocenters. The lowest BCUT2D eigenvalue weighted by atomic mass is 9.96. The van der Waals surface area contributed by atoms with Crippen LogP contribution in [-0.2, 0) is 36.8 Å². The van der Waals surface area contributed by atoms with Crippen LogP contribution in [-0.4, -0.2) is 66.0 Å². The summed E-state index contributed by atoms with van der Waals surface area (Å²) >= 11 is 0. The highest BCUT2D eigenvalue weighted by Crippen LogP contribution is 2.21. The molecule has 0 saturated heterocycles. The van der Waals surface area contributed by atoms with Gasteiger partial charge in [0.15, 0.2) is 19.0 Å². The molecule has 12 heteroatoms. The third-order valence-electron chi connectivity index (χ3n) is 9.53. The van der Waals surface area contributed by atoms with E-state index in [1.165, 1.54) is 6.92 Å². The van der Waals surface area contributed by atoms with Gasteiger partial charge >= 0.3 is 24.0 Å². The van der Waals surface area contributed by atoms with Crippen molar-refractivity contribution in [2.45, 2.75) is 73.6 Å². The first kappa shape index (κ1) is 46.6. The van der Waals surface area contributed by atoms with Gasteiger partial charge in [-0.25, -0.2) is 14.4 Å². The Labute approximate surface area is 356 Å². The Morgan fingerprint density at radius 1 is 0.590 bits per heavy atom. The largest absolute Gasteiger partial charge is 0.480 e. The molecule has 0 spiro atoms. The van der Waals surface area contributed by atoms with E-state index in [0.717, 1.165) is 44.5 Å². The first-order valence-electron chi connectivity index (χ1n) is 19.7. The lowest BCUT2D eigenvalue weighted by molar-refractivity contribution is -0.137. The minimum Gasteiger partial charge on any atom is -0.480 e. The van der Waals surface area contributed by atoms with Crippen molar-refractivity contribution in [2.75, 3.05) is 18.5 Å². The van der Waals surface area contributed by atoms with Crippen molar-refractivity contribution < 1.29 is 48.1 Å². The molecule has 0 fully saturated rings. The molecule has 0 heterocycles. The number of aryl methyl sites for hydroxylation is 6. The summed E-state index contributed by atoms with van der Waals surface area (Å²) < 4.78 is 15.5. The molecule has 61 heavy (non-hydrogen) atoms. The van der Waals surface area contributed by atoms with Gasteiger partial charge in [0, 0.05) is 17.7 Å². The Bertz CT molecular complexity index is 2240. The number of hydrogen-bond acceptors (Lipinski definition) is 10. The zero-order valence-electron chi connectivity index (χ0n) is 35.5. The van der Waals surface area contributed by atoms with Crippen LogP contribution in [0.1, 0.15) is 82.5 Å². The maximum Gasteiger partial charge on any atom is 0.408 e. The summed E-state index contributed by atoms with van der Waals surface area (Å²) in [5, 5.41) is 14.8. The lowest BCUT2D eigenvalue weighted by Gasteiger charge is -2.20. The normalized spacial score (nSPS) is 11.5. The average Bonchev–Trinajstić information content (AvgIpc) is 3.21. The Hall–Kier alpha value is -7.08. The topological polar surface area (TPSA) is 174 Å². The number of rotatable bonds is 16. The standard InChI is InChI=1S/C26H26N2O5.C23H26O5/c1-18(25(30)31)27-22-15-9-8-14-21(22)24(29)23(16-19-10-4-2-5-11-19)28-26(32)33-17-20-12-6-3-7-13-20;1-13-7-15(3)20(16(4)8-13)22(25)27-11-19(24)12-28-23(26)21-17(5)9-14(2)10-18(21)6/h2-15,18,23,27H,16-17H2,1H3,(H,28,32)(H,30,31);7-10H,11-12H2,1-6H3/t18?,23-;/m0./s1. The number of anilines is 1. The fraction of sp³-hybridized carbons (Fsp3) is 0.265. The van der Waals surface area contributed by atoms with Crippen LogP contribution in [0.25, 0.3) is 0 Å². The molecule has 0 aromatic heterocycles. The number of ketones is 2. The van der Waals surface area contributed by atoms with Gasteiger partial charge in [0.1, 0.15) is 12.6 Å². The number of nitrogens with one attached hydrogen (secondary N) is 2. The van der Waals surface area contributed by atoms with E-state index in [1.54, 1.807) is 24.3 Å². The van der Waals surface area contributed by atoms with Crippen LogP contribution in [0.5, 0.6) is 0 Å². The highest BCUT2D eigenvalue weighted by molar-refractivity contribution is 6.06. The van der Waals surface area contributed by atoms with Gasteiger partial charge in [-0.3, -0.25) is 14.4 Å². The maximum atomic E-state index is 13.5. The van der Waals surface area contributed by atoms with Crippen molar-refractivity contribution in [1.82, 2.24) is 5.32 Å². The van der Waals surface area contributed by atoms with Gasteiger partial charge in [-0.05, 0) is 94.0 Å². The van der Waals surface area contributed by atoms with Gasteiger partial charge in [-0.15, -0.1) is 0 Å². The van der Waals surface area contributed by atoms with E-state index in [-0.39, 0.29) is 24.4 Å². The van der Waals surface area contributed by atoms with Gasteiger partial charge in [0.2, 0.25) is 5.78 Å². The monoisotopic (exact) mass is 828 g/mol. The van der Waals surface area contributed by atoms with E-state index in [1.807, 2.05) is 126 Å². The van der Waals surface area contributed by atoms with Crippen LogP contribution in [0.2, 0.25) is 0 Å². The number of ether oxygens (including phenoxy) is 3. The molecule has 0 bridgehead atoms. The number of esters is 2. The Kier molecular flexibility index (Phi) is 17.1. The molecule has 5 aromatic carbocycles. The molecular weight excluding hydrogens is 777 g/mol. The molecule has 0 aliphatic heterocycles. The zero-order valence-corrected chi connectivity index (χ0v) is 35.5. The van der Waals surface area contributed by atoms with E-state index >= 15 is 0 Å². The van der Waals surface area contributed by atoms with Gasteiger partial charge in [-0.2, -0.15) is 0 Å². The molecular formula is C49H52N2O10. The highest BCUT2D eigenvalue weighted by atomic mass is 16.6. The van der Waals surface area contributed by atoms with Crippen molar-refractivity contribution >= 4 is 41.3 Å². The molecule has 0 aliphatic carbocycles. The number of carbonyl (C=O) groups excluding carboxylic acids is 5. The first-order chi connectivity index (χ1) is 29.0. The van der Waals surface area contributed by atoms with Crippen LogP contribution in [0.15, 0.2) is 109 Å². The van der Waals surface area contributed by atoms with Gasteiger partial charge in [0.05, 0.1) is 17.2 Å². The minimum atomic E-state index is -1.04. The van der Waals surface area contributed by atoms with Crippen molar-refractivity contribution in [3.63, 3.8) is 0 Å². The number of carbonyl (C=O) groups is 6. The zero-order chi connectivity index (χ0) is 44.6. The van der Waals surface area contributed by atoms with Crippen molar-refractivity contribution in [1.29, 1.82) is 0 Å². The fourth-order valence-electron chi connectivity index (χ4n) is 6.75. The Balaban J connectivity index is 0.000000272. The number of para-hydroxylation sites is 1. The van der Waals surface area contributed by atoms with Crippen molar-refractivity contribution in [3.05, 3.63) is 170 Å². The molecule has 0 aliphatic rings. The van der Waals surface area contributed by atoms with E-state index in [9.17, 15) is 33.9 Å². The molecule has 0 radical (unpaired) electrons. The molecule has 2 atom stereocenters. The second kappa shape index (κ2) is 22.3. The Morgan fingerprint density at radius 2 is 1.03 bits per heavy atom. The molecule has 318 valence electrons. The molecule has 3 N–H and O–H groups in total. The predicted molar refractivity (Wildman–Crippen MR) is 232 cm³/mol. The third-order valence-corrected chi connectivity index (χ3v) is 9.53. The third kappa shape index (κ3) is 14.0. The number of carboxylic acids is 1.